The van der Waals surface area contributed by atoms with E-state index in [1.165, 1.54) is 0 Å². The van der Waals surface area contributed by atoms with E-state index in [2.05, 4.69) is 0 Å². The molecule has 0 radical (unpaired) electrons. The van der Waals surface area contributed by atoms with Crippen molar-refractivity contribution in [2.24, 2.45) is 0 Å². The molecule has 1 saturated heterocycles. The number of phenols is 1. The van der Waals surface area contributed by atoms with Crippen LogP contribution in [0.15, 0.2) is 24.3 Å². The normalized spacial score (nSPS) is 18.8. The van der Waals surface area contributed by atoms with Gasteiger partial charge < -0.3 is 14.6 Å². The summed E-state index contributed by atoms with van der Waals surface area (Å²) in [6, 6.07) is 6.89. The van der Waals surface area contributed by atoms with Gasteiger partial charge in [0.15, 0.2) is 6.29 Å². The highest BCUT2D eigenvalue weighted by Gasteiger charge is 2.15. The molecular formula is C10H12O3. The van der Waals surface area contributed by atoms with Gasteiger partial charge in [0.1, 0.15) is 5.75 Å². The fourth-order valence-electron chi connectivity index (χ4n) is 1.31. The molecule has 1 N–H and O–H groups in total. The molecule has 1 aromatic carbocycles. The van der Waals surface area contributed by atoms with E-state index in [9.17, 15) is 0 Å². The maximum Gasteiger partial charge on any atom is 0.183 e. The first-order chi connectivity index (χ1) is 6.36. The van der Waals surface area contributed by atoms with Gasteiger partial charge in [-0.25, -0.2) is 0 Å². The van der Waals surface area contributed by atoms with Crippen molar-refractivity contribution >= 4 is 0 Å². The number of rotatable bonds is 1. The predicted octanol–water partition coefficient (Wildman–Crippen LogP) is 1.83. The number of hydrogen-bond donors (Lipinski definition) is 1. The van der Waals surface area contributed by atoms with Gasteiger partial charge in [-0.15, -0.1) is 0 Å². The average molecular weight is 180 g/mol. The largest absolute Gasteiger partial charge is 0.508 e. The molecule has 0 unspecified atom stereocenters. The van der Waals surface area contributed by atoms with Crippen LogP contribution in [0.2, 0.25) is 0 Å². The smallest absolute Gasteiger partial charge is 0.183 e. The summed E-state index contributed by atoms with van der Waals surface area (Å²) in [5.74, 6) is 0.263. The first kappa shape index (κ1) is 8.53. The molecule has 0 aliphatic carbocycles. The number of hydrogen-bond acceptors (Lipinski definition) is 3. The summed E-state index contributed by atoms with van der Waals surface area (Å²) in [5, 5.41) is 9.07. The van der Waals surface area contributed by atoms with Crippen LogP contribution in [0.5, 0.6) is 5.75 Å². The van der Waals surface area contributed by atoms with Crippen molar-refractivity contribution in [1.82, 2.24) is 0 Å². The van der Waals surface area contributed by atoms with Crippen molar-refractivity contribution in [3.8, 4) is 5.75 Å². The molecule has 0 aromatic heterocycles. The molecule has 0 spiro atoms. The summed E-state index contributed by atoms with van der Waals surface area (Å²) in [4.78, 5) is 0. The van der Waals surface area contributed by atoms with Crippen LogP contribution in [0.1, 0.15) is 18.3 Å². The third-order valence-corrected chi connectivity index (χ3v) is 1.99. The Labute approximate surface area is 76.9 Å². The van der Waals surface area contributed by atoms with E-state index in [1.807, 2.05) is 12.1 Å². The SMILES string of the molecule is Oc1ccc(C2OCCCO2)cc1. The van der Waals surface area contributed by atoms with Crippen LogP contribution < -0.4 is 0 Å². The average Bonchev–Trinajstić information content (AvgIpc) is 2.20. The highest BCUT2D eigenvalue weighted by molar-refractivity contribution is 5.26. The van der Waals surface area contributed by atoms with E-state index in [0.717, 1.165) is 25.2 Å². The van der Waals surface area contributed by atoms with Crippen LogP contribution in [0.4, 0.5) is 0 Å². The van der Waals surface area contributed by atoms with Gasteiger partial charge in [-0.05, 0) is 18.6 Å². The second-order valence-electron chi connectivity index (χ2n) is 3.02. The Bertz CT molecular complexity index is 262. The van der Waals surface area contributed by atoms with Gasteiger partial charge in [0.2, 0.25) is 0 Å². The quantitative estimate of drug-likeness (QED) is 0.716. The predicted molar refractivity (Wildman–Crippen MR) is 47.4 cm³/mol. The Morgan fingerprint density at radius 3 is 2.31 bits per heavy atom. The number of ether oxygens (including phenoxy) is 2. The van der Waals surface area contributed by atoms with Crippen molar-refractivity contribution < 1.29 is 14.6 Å². The molecule has 1 fully saturated rings. The number of benzene rings is 1. The van der Waals surface area contributed by atoms with E-state index < -0.39 is 0 Å². The van der Waals surface area contributed by atoms with Gasteiger partial charge >= 0.3 is 0 Å². The Balaban J connectivity index is 2.10. The zero-order valence-electron chi connectivity index (χ0n) is 7.27. The summed E-state index contributed by atoms with van der Waals surface area (Å²) in [6.07, 6.45) is 0.698. The summed E-state index contributed by atoms with van der Waals surface area (Å²) in [7, 11) is 0. The second kappa shape index (κ2) is 3.77. The van der Waals surface area contributed by atoms with Crippen molar-refractivity contribution in [2.45, 2.75) is 12.7 Å². The maximum absolute atomic E-state index is 9.07. The number of phenolic OH excluding ortho intramolecular Hbond substituents is 1. The molecule has 0 bridgehead atoms. The van der Waals surface area contributed by atoms with Gasteiger partial charge in [0.25, 0.3) is 0 Å². The Morgan fingerprint density at radius 2 is 1.69 bits per heavy atom. The molecule has 1 aliphatic rings. The minimum Gasteiger partial charge on any atom is -0.508 e. The first-order valence-corrected chi connectivity index (χ1v) is 4.38. The van der Waals surface area contributed by atoms with E-state index in [-0.39, 0.29) is 12.0 Å². The van der Waals surface area contributed by atoms with Crippen LogP contribution in [-0.4, -0.2) is 18.3 Å². The van der Waals surface area contributed by atoms with Gasteiger partial charge in [0.05, 0.1) is 13.2 Å². The minimum absolute atomic E-state index is 0.255. The van der Waals surface area contributed by atoms with Gasteiger partial charge in [0, 0.05) is 5.56 Å². The van der Waals surface area contributed by atoms with Crippen LogP contribution >= 0.6 is 0 Å². The first-order valence-electron chi connectivity index (χ1n) is 4.38. The Kier molecular flexibility index (Phi) is 2.47. The van der Waals surface area contributed by atoms with E-state index >= 15 is 0 Å². The zero-order chi connectivity index (χ0) is 9.10. The Morgan fingerprint density at radius 1 is 1.08 bits per heavy atom. The molecule has 0 atom stereocenters. The van der Waals surface area contributed by atoms with Crippen molar-refractivity contribution in [3.05, 3.63) is 29.8 Å². The van der Waals surface area contributed by atoms with E-state index in [4.69, 9.17) is 14.6 Å². The van der Waals surface area contributed by atoms with Crippen LogP contribution in [0.25, 0.3) is 0 Å². The van der Waals surface area contributed by atoms with E-state index in [1.54, 1.807) is 12.1 Å². The molecule has 1 heterocycles. The summed E-state index contributed by atoms with van der Waals surface area (Å²) in [5.41, 5.74) is 0.956. The van der Waals surface area contributed by atoms with Crippen molar-refractivity contribution in [2.75, 3.05) is 13.2 Å². The van der Waals surface area contributed by atoms with Gasteiger partial charge in [-0.2, -0.15) is 0 Å². The van der Waals surface area contributed by atoms with Crippen LogP contribution in [0.3, 0.4) is 0 Å². The standard InChI is InChI=1S/C10H12O3/c11-9-4-2-8(3-5-9)10-12-6-1-7-13-10/h2-5,10-11H,1,6-7H2. The van der Waals surface area contributed by atoms with E-state index in [0.29, 0.717) is 0 Å². The molecule has 0 amide bonds. The third kappa shape index (κ3) is 1.99. The molecule has 1 aromatic rings. The molecular weight excluding hydrogens is 168 g/mol. The summed E-state index contributed by atoms with van der Waals surface area (Å²) in [6.45, 7) is 1.48. The topological polar surface area (TPSA) is 38.7 Å². The minimum atomic E-state index is -0.255. The molecule has 3 nitrogen and oxygen atoms in total. The lowest BCUT2D eigenvalue weighted by molar-refractivity contribution is -0.183. The lowest BCUT2D eigenvalue weighted by atomic mass is 10.2. The summed E-state index contributed by atoms with van der Waals surface area (Å²) < 4.78 is 10.8. The van der Waals surface area contributed by atoms with Crippen molar-refractivity contribution in [3.63, 3.8) is 0 Å². The fraction of sp³-hybridized carbons (Fsp3) is 0.400. The third-order valence-electron chi connectivity index (χ3n) is 1.99. The molecule has 1 aliphatic heterocycles. The van der Waals surface area contributed by atoms with Gasteiger partial charge in [-0.1, -0.05) is 12.1 Å². The summed E-state index contributed by atoms with van der Waals surface area (Å²) >= 11 is 0. The molecule has 13 heavy (non-hydrogen) atoms. The van der Waals surface area contributed by atoms with Gasteiger partial charge in [-0.3, -0.25) is 0 Å². The maximum atomic E-state index is 9.07. The molecule has 2 rings (SSSR count). The monoisotopic (exact) mass is 180 g/mol. The second-order valence-corrected chi connectivity index (χ2v) is 3.02. The lowest BCUT2D eigenvalue weighted by Crippen LogP contribution is -2.17. The van der Waals surface area contributed by atoms with Crippen LogP contribution in [0, 0.1) is 0 Å². The lowest BCUT2D eigenvalue weighted by Gasteiger charge is -2.23. The molecule has 3 heteroatoms. The Hall–Kier alpha value is -1.06. The van der Waals surface area contributed by atoms with Crippen LogP contribution in [-0.2, 0) is 9.47 Å². The fourth-order valence-corrected chi connectivity index (χ4v) is 1.31. The van der Waals surface area contributed by atoms with Crippen molar-refractivity contribution in [1.29, 1.82) is 0 Å². The molecule has 0 saturated carbocycles. The highest BCUT2D eigenvalue weighted by atomic mass is 16.7. The number of aromatic hydroxyl groups is 1. The molecule has 70 valence electrons. The highest BCUT2D eigenvalue weighted by Crippen LogP contribution is 2.23. The zero-order valence-corrected chi connectivity index (χ0v) is 7.27.